The molecule has 0 heterocycles. The van der Waals surface area contributed by atoms with E-state index < -0.39 is 11.9 Å². The molecule has 0 spiro atoms. The van der Waals surface area contributed by atoms with Crippen LogP contribution in [0.5, 0.6) is 0 Å². The van der Waals surface area contributed by atoms with Gasteiger partial charge in [-0.25, -0.2) is 4.79 Å². The summed E-state index contributed by atoms with van der Waals surface area (Å²) in [6.45, 7) is 1.87. The third kappa shape index (κ3) is 5.51. The van der Waals surface area contributed by atoms with E-state index in [1.165, 1.54) is 0 Å². The molecule has 0 fully saturated rings. The summed E-state index contributed by atoms with van der Waals surface area (Å²) in [5.41, 5.74) is 1.13. The Bertz CT molecular complexity index is 412. The Kier molecular flexibility index (Phi) is 4.94. The van der Waals surface area contributed by atoms with E-state index in [9.17, 15) is 9.59 Å². The van der Waals surface area contributed by atoms with Gasteiger partial charge in [0.1, 0.15) is 0 Å². The Balaban J connectivity index is 2.42. The first-order valence-corrected chi connectivity index (χ1v) is 5.33. The number of carbonyl (C=O) groups is 2. The molecule has 0 radical (unpaired) electrons. The van der Waals surface area contributed by atoms with Gasteiger partial charge < -0.3 is 10.4 Å². The van der Waals surface area contributed by atoms with E-state index in [4.69, 9.17) is 5.11 Å². The molecule has 0 bridgehead atoms. The van der Waals surface area contributed by atoms with Gasteiger partial charge in [-0.1, -0.05) is 30.3 Å². The first-order valence-electron chi connectivity index (χ1n) is 5.33. The highest BCUT2D eigenvalue weighted by Crippen LogP contribution is 2.02. The Hall–Kier alpha value is -2.10. The maximum atomic E-state index is 11.3. The van der Waals surface area contributed by atoms with E-state index >= 15 is 0 Å². The predicted octanol–water partition coefficient (Wildman–Crippen LogP) is 1.37. The zero-order valence-electron chi connectivity index (χ0n) is 9.59. The Morgan fingerprint density at radius 1 is 1.29 bits per heavy atom. The maximum absolute atomic E-state index is 11.3. The third-order valence-corrected chi connectivity index (χ3v) is 2.15. The highest BCUT2D eigenvalue weighted by Gasteiger charge is 2.05. The molecule has 1 atom stereocenters. The van der Waals surface area contributed by atoms with Gasteiger partial charge in [-0.05, 0) is 18.9 Å². The number of nitrogens with one attached hydrogen (secondary N) is 1. The summed E-state index contributed by atoms with van der Waals surface area (Å²) in [6, 6.07) is 9.74. The summed E-state index contributed by atoms with van der Waals surface area (Å²) in [5, 5.41) is 11.1. The highest BCUT2D eigenvalue weighted by atomic mass is 16.4. The lowest BCUT2D eigenvalue weighted by Crippen LogP contribution is -2.32. The number of aliphatic carboxylic acids is 1. The van der Waals surface area contributed by atoms with Crippen molar-refractivity contribution in [3.63, 3.8) is 0 Å². The molecule has 0 unspecified atom stereocenters. The molecule has 1 aromatic carbocycles. The fourth-order valence-electron chi connectivity index (χ4n) is 1.46. The summed E-state index contributed by atoms with van der Waals surface area (Å²) in [7, 11) is 0. The first kappa shape index (κ1) is 13.0. The summed E-state index contributed by atoms with van der Waals surface area (Å²) >= 11 is 0. The molecule has 1 amide bonds. The van der Waals surface area contributed by atoms with Gasteiger partial charge in [-0.15, -0.1) is 0 Å². The third-order valence-electron chi connectivity index (χ3n) is 2.15. The molecule has 90 valence electrons. The average molecular weight is 233 g/mol. The Morgan fingerprint density at radius 2 is 1.94 bits per heavy atom. The van der Waals surface area contributed by atoms with Crippen molar-refractivity contribution in [2.75, 3.05) is 0 Å². The lowest BCUT2D eigenvalue weighted by Gasteiger charge is -2.12. The lowest BCUT2D eigenvalue weighted by molar-refractivity contribution is -0.131. The fraction of sp³-hybridized carbons (Fsp3) is 0.231. The molecule has 0 aliphatic carbocycles. The van der Waals surface area contributed by atoms with E-state index in [1.54, 1.807) is 0 Å². The minimum Gasteiger partial charge on any atom is -0.478 e. The number of amides is 1. The van der Waals surface area contributed by atoms with E-state index in [2.05, 4.69) is 5.32 Å². The van der Waals surface area contributed by atoms with Gasteiger partial charge >= 0.3 is 5.97 Å². The maximum Gasteiger partial charge on any atom is 0.328 e. The quantitative estimate of drug-likeness (QED) is 0.755. The number of rotatable bonds is 5. The van der Waals surface area contributed by atoms with Crippen LogP contribution in [0.2, 0.25) is 0 Å². The SMILES string of the molecule is C[C@@H](Cc1ccccc1)NC(=O)/C=C/C(=O)O. The zero-order valence-corrected chi connectivity index (χ0v) is 9.59. The summed E-state index contributed by atoms with van der Waals surface area (Å²) in [4.78, 5) is 21.5. The van der Waals surface area contributed by atoms with Crippen LogP contribution < -0.4 is 5.32 Å². The van der Waals surface area contributed by atoms with Crippen molar-refractivity contribution in [1.82, 2.24) is 5.32 Å². The topological polar surface area (TPSA) is 66.4 Å². The van der Waals surface area contributed by atoms with Crippen molar-refractivity contribution in [3.8, 4) is 0 Å². The molecule has 4 nitrogen and oxygen atoms in total. The van der Waals surface area contributed by atoms with Gasteiger partial charge in [-0.2, -0.15) is 0 Å². The van der Waals surface area contributed by atoms with Crippen LogP contribution in [-0.4, -0.2) is 23.0 Å². The molecule has 0 saturated heterocycles. The van der Waals surface area contributed by atoms with Crippen LogP contribution >= 0.6 is 0 Å². The summed E-state index contributed by atoms with van der Waals surface area (Å²) in [6.07, 6.45) is 2.56. The monoisotopic (exact) mass is 233 g/mol. The minimum atomic E-state index is -1.13. The molecule has 0 saturated carbocycles. The van der Waals surface area contributed by atoms with Crippen LogP contribution in [0.4, 0.5) is 0 Å². The van der Waals surface area contributed by atoms with Crippen LogP contribution in [0.3, 0.4) is 0 Å². The molecule has 1 rings (SSSR count). The predicted molar refractivity (Wildman–Crippen MR) is 64.5 cm³/mol. The van der Waals surface area contributed by atoms with Crippen molar-refractivity contribution in [2.45, 2.75) is 19.4 Å². The molecular weight excluding hydrogens is 218 g/mol. The van der Waals surface area contributed by atoms with Gasteiger partial charge in [0, 0.05) is 18.2 Å². The van der Waals surface area contributed by atoms with E-state index in [0.717, 1.165) is 17.7 Å². The van der Waals surface area contributed by atoms with Crippen LogP contribution in [0.15, 0.2) is 42.5 Å². The molecular formula is C13H15NO3. The van der Waals surface area contributed by atoms with Crippen LogP contribution in [0, 0.1) is 0 Å². The fourth-order valence-corrected chi connectivity index (χ4v) is 1.46. The number of benzene rings is 1. The number of carboxylic acid groups (broad SMARTS) is 1. The van der Waals surface area contributed by atoms with Gasteiger partial charge in [0.15, 0.2) is 0 Å². The molecule has 17 heavy (non-hydrogen) atoms. The van der Waals surface area contributed by atoms with Crippen molar-refractivity contribution in [2.24, 2.45) is 0 Å². The van der Waals surface area contributed by atoms with Crippen LogP contribution in [0.25, 0.3) is 0 Å². The molecule has 0 aliphatic rings. The van der Waals surface area contributed by atoms with E-state index in [1.807, 2.05) is 37.3 Å². The van der Waals surface area contributed by atoms with Gasteiger partial charge in [0.2, 0.25) is 5.91 Å². The number of carboxylic acids is 1. The minimum absolute atomic E-state index is 0.0386. The Morgan fingerprint density at radius 3 is 2.53 bits per heavy atom. The van der Waals surface area contributed by atoms with Crippen molar-refractivity contribution in [3.05, 3.63) is 48.0 Å². The lowest BCUT2D eigenvalue weighted by atomic mass is 10.1. The number of hydrogen-bond donors (Lipinski definition) is 2. The van der Waals surface area contributed by atoms with Crippen molar-refractivity contribution < 1.29 is 14.7 Å². The zero-order chi connectivity index (χ0) is 12.7. The smallest absolute Gasteiger partial charge is 0.328 e. The number of carbonyl (C=O) groups excluding carboxylic acids is 1. The van der Waals surface area contributed by atoms with Crippen molar-refractivity contribution in [1.29, 1.82) is 0 Å². The van der Waals surface area contributed by atoms with Gasteiger partial charge in [-0.3, -0.25) is 4.79 Å². The summed E-state index contributed by atoms with van der Waals surface area (Å²) < 4.78 is 0. The Labute approximate surface area is 100.0 Å². The van der Waals surface area contributed by atoms with Crippen LogP contribution in [-0.2, 0) is 16.0 Å². The second-order valence-corrected chi connectivity index (χ2v) is 3.77. The largest absolute Gasteiger partial charge is 0.478 e. The first-order chi connectivity index (χ1) is 8.08. The average Bonchev–Trinajstić information content (AvgIpc) is 2.27. The normalized spacial score (nSPS) is 12.3. The highest BCUT2D eigenvalue weighted by molar-refractivity contribution is 5.93. The molecule has 2 N–H and O–H groups in total. The molecule has 0 aliphatic heterocycles. The second kappa shape index (κ2) is 6.48. The van der Waals surface area contributed by atoms with Gasteiger partial charge in [0.25, 0.3) is 0 Å². The molecule has 0 aromatic heterocycles. The summed E-state index contributed by atoms with van der Waals surface area (Å²) in [5.74, 6) is -1.52. The van der Waals surface area contributed by atoms with Gasteiger partial charge in [0.05, 0.1) is 0 Å². The molecule has 4 heteroatoms. The van der Waals surface area contributed by atoms with E-state index in [-0.39, 0.29) is 6.04 Å². The standard InChI is InChI=1S/C13H15NO3/c1-10(9-11-5-3-2-4-6-11)14-12(15)7-8-13(16)17/h2-8,10H,9H2,1H3,(H,14,15)(H,16,17)/b8-7+/t10-/m0/s1. The van der Waals surface area contributed by atoms with Crippen LogP contribution in [0.1, 0.15) is 12.5 Å². The second-order valence-electron chi connectivity index (χ2n) is 3.77. The van der Waals surface area contributed by atoms with Crippen molar-refractivity contribution >= 4 is 11.9 Å². The number of hydrogen-bond acceptors (Lipinski definition) is 2. The van der Waals surface area contributed by atoms with E-state index in [0.29, 0.717) is 6.42 Å². The molecule has 1 aromatic rings.